The molecule has 33 heavy (non-hydrogen) atoms. The van der Waals surface area contributed by atoms with Gasteiger partial charge in [0.25, 0.3) is 0 Å². The number of pyridine rings is 2. The number of anilines is 1. The molecule has 2 aromatic heterocycles. The number of nitrogens with zero attached hydrogens (tertiary/aromatic N) is 2. The Morgan fingerprint density at radius 1 is 1.03 bits per heavy atom. The van der Waals surface area contributed by atoms with Gasteiger partial charge in [0, 0.05) is 0 Å². The maximum atomic E-state index is 12.5. The maximum absolute atomic E-state index is 12.5. The number of unbranched alkanes of at least 4 members (excludes halogenated alkanes) is 3. The molecule has 2 heterocycles. The molecule has 2 aromatic rings. The number of hydrogen-bond donors (Lipinski definition) is 1. The fourth-order valence-electron chi connectivity index (χ4n) is 4.00. The van der Waals surface area contributed by atoms with Crippen LogP contribution in [0.1, 0.15) is 84.1 Å². The number of carbonyl (C=O) groups excluding carboxylic acids is 1. The van der Waals surface area contributed by atoms with Crippen LogP contribution < -0.4 is 13.8 Å². The van der Waals surface area contributed by atoms with Crippen LogP contribution >= 0.6 is 11.6 Å². The van der Waals surface area contributed by atoms with Crippen molar-refractivity contribution >= 4 is 48.2 Å². The number of ether oxygens (including phenoxy) is 1. The molecule has 180 valence electrons. The normalized spacial score (nSPS) is 11.4. The van der Waals surface area contributed by atoms with Crippen molar-refractivity contribution in [1.29, 1.82) is 0 Å². The summed E-state index contributed by atoms with van der Waals surface area (Å²) in [7, 11) is 1.53. The first kappa shape index (κ1) is 27.9. The Labute approximate surface area is 214 Å². The van der Waals surface area contributed by atoms with Crippen LogP contribution in [0.15, 0.2) is 30.6 Å². The minimum atomic E-state index is -0.859. The van der Waals surface area contributed by atoms with Gasteiger partial charge in [0.05, 0.1) is 0 Å². The van der Waals surface area contributed by atoms with Crippen LogP contribution in [0.2, 0.25) is 8.45 Å². The minimum absolute atomic E-state index is 0.135. The van der Waals surface area contributed by atoms with Gasteiger partial charge in [-0.05, 0) is 0 Å². The van der Waals surface area contributed by atoms with Crippen molar-refractivity contribution in [3.8, 4) is 5.75 Å². The summed E-state index contributed by atoms with van der Waals surface area (Å²) in [4.78, 5) is 21.5. The second-order valence-corrected chi connectivity index (χ2v) is 14.3. The molecule has 0 atom stereocenters. The number of methoxy groups -OCH3 is 1. The number of aromatic nitrogens is 2. The van der Waals surface area contributed by atoms with Crippen molar-refractivity contribution in [3.63, 3.8) is 0 Å². The van der Waals surface area contributed by atoms with Crippen molar-refractivity contribution in [2.24, 2.45) is 0 Å². The van der Waals surface area contributed by atoms with E-state index in [1.165, 1.54) is 74.8 Å². The van der Waals surface area contributed by atoms with Crippen LogP contribution in [-0.4, -0.2) is 44.1 Å². The van der Waals surface area contributed by atoms with E-state index in [2.05, 4.69) is 43.2 Å². The summed E-state index contributed by atoms with van der Waals surface area (Å²) >= 11 is 5.14. The summed E-state index contributed by atoms with van der Waals surface area (Å²) in [5.41, 5.74) is 0.915. The van der Waals surface area contributed by atoms with E-state index in [0.717, 1.165) is 5.56 Å². The molecule has 2 rings (SSSR count). The van der Waals surface area contributed by atoms with Crippen LogP contribution in [0, 0.1) is 0 Å². The van der Waals surface area contributed by atoms with E-state index in [-0.39, 0.29) is 12.3 Å². The molecule has 0 fully saturated rings. The first-order valence-corrected chi connectivity index (χ1v) is 15.4. The number of hydrogen-bond acceptors (Lipinski definition) is 4. The molecule has 0 saturated heterocycles. The molecule has 0 bridgehead atoms. The molecule has 7 heteroatoms. The molecular formula is C26H38ClN3O2Sn. The third-order valence-electron chi connectivity index (χ3n) is 5.92. The standard InChI is InChI=1S/C13H11ClN3O2.C13H27.Sn/c1-19-11-6-12(16-8-10(11)14)17-13(18)5-9-3-2-4-15-7-9;1-4-7-10-13(11-8-5-2)12-9-6-3;/h2-3,6-8H,5H2,1H3,(H,16,17,18);4-12H2,1-3H3;. The predicted molar refractivity (Wildman–Crippen MR) is 139 cm³/mol. The molecule has 0 aliphatic carbocycles. The van der Waals surface area contributed by atoms with Crippen LogP contribution in [0.4, 0.5) is 5.82 Å². The summed E-state index contributed by atoms with van der Waals surface area (Å²) < 4.78 is 6.99. The van der Waals surface area contributed by atoms with E-state index < -0.39 is 21.1 Å². The average molecular weight is 579 g/mol. The van der Waals surface area contributed by atoms with Gasteiger partial charge < -0.3 is 0 Å². The van der Waals surface area contributed by atoms with E-state index in [0.29, 0.717) is 20.0 Å². The second-order valence-electron chi connectivity index (χ2n) is 8.70. The van der Waals surface area contributed by atoms with Crippen LogP contribution in [0.3, 0.4) is 0 Å². The zero-order valence-electron chi connectivity index (χ0n) is 20.5. The molecule has 2 radical (unpaired) electrons. The van der Waals surface area contributed by atoms with Gasteiger partial charge >= 0.3 is 215 Å². The van der Waals surface area contributed by atoms with Gasteiger partial charge in [-0.15, -0.1) is 0 Å². The van der Waals surface area contributed by atoms with Gasteiger partial charge in [0.1, 0.15) is 0 Å². The quantitative estimate of drug-likeness (QED) is 0.249. The molecular weight excluding hydrogens is 540 g/mol. The molecule has 5 nitrogen and oxygen atoms in total. The first-order chi connectivity index (χ1) is 15.9. The number of amides is 1. The van der Waals surface area contributed by atoms with Crippen LogP contribution in [0.5, 0.6) is 5.75 Å². The average Bonchev–Trinajstić information content (AvgIpc) is 2.82. The van der Waals surface area contributed by atoms with E-state index in [4.69, 9.17) is 21.3 Å². The molecule has 0 spiro atoms. The summed E-state index contributed by atoms with van der Waals surface area (Å²) in [6.07, 6.45) is 15.4. The van der Waals surface area contributed by atoms with E-state index >= 15 is 0 Å². The summed E-state index contributed by atoms with van der Waals surface area (Å²) in [5.74, 6) is 0.772. The van der Waals surface area contributed by atoms with E-state index in [9.17, 15) is 4.79 Å². The molecule has 1 amide bonds. The summed E-state index contributed by atoms with van der Waals surface area (Å²) in [5, 5.41) is 3.22. The topological polar surface area (TPSA) is 64.1 Å². The summed E-state index contributed by atoms with van der Waals surface area (Å²) in [6, 6.07) is 5.87. The van der Waals surface area contributed by atoms with E-state index in [1.807, 2.05) is 6.20 Å². The molecule has 1 N–H and O–H groups in total. The van der Waals surface area contributed by atoms with Gasteiger partial charge in [-0.25, -0.2) is 0 Å². The van der Waals surface area contributed by atoms with Gasteiger partial charge in [0.15, 0.2) is 0 Å². The summed E-state index contributed by atoms with van der Waals surface area (Å²) in [6.45, 7) is 6.88. The Morgan fingerprint density at radius 3 is 2.18 bits per heavy atom. The first-order valence-electron chi connectivity index (χ1n) is 12.2. The Morgan fingerprint density at radius 2 is 1.67 bits per heavy atom. The molecule has 0 unspecified atom stereocenters. The van der Waals surface area contributed by atoms with Crippen molar-refractivity contribution in [3.05, 3.63) is 41.2 Å². The van der Waals surface area contributed by atoms with Crippen molar-refractivity contribution in [2.45, 2.75) is 88.4 Å². The van der Waals surface area contributed by atoms with Gasteiger partial charge in [-0.2, -0.15) is 0 Å². The monoisotopic (exact) mass is 579 g/mol. The molecule has 0 aliphatic heterocycles. The zero-order chi connectivity index (χ0) is 24.1. The van der Waals surface area contributed by atoms with Gasteiger partial charge in [-0.1, -0.05) is 0 Å². The second kappa shape index (κ2) is 14.8. The predicted octanol–water partition coefficient (Wildman–Crippen LogP) is 6.38. The number of nitrogens with one attached hydrogen (secondary N) is 1. The van der Waals surface area contributed by atoms with Crippen LogP contribution in [-0.2, 0) is 11.2 Å². The zero-order valence-corrected chi connectivity index (χ0v) is 24.2. The molecule has 0 aromatic carbocycles. The van der Waals surface area contributed by atoms with Crippen LogP contribution in [0.25, 0.3) is 0 Å². The third-order valence-corrected chi connectivity index (χ3v) is 11.4. The molecule has 0 saturated carbocycles. The van der Waals surface area contributed by atoms with Gasteiger partial charge in [0.2, 0.25) is 0 Å². The van der Waals surface area contributed by atoms with Crippen molar-refractivity contribution < 1.29 is 9.53 Å². The Kier molecular flexibility index (Phi) is 12.5. The number of carbonyl (C=O) groups is 1. The Bertz CT molecular complexity index is 839. The SMILES string of the molecule is CCCC[C](CCCC)(CCCC)[Sn][c]1ccc(CC(=O)Nc2cc(OC)c(Cl)cn2)cn1. The third kappa shape index (κ3) is 9.44. The van der Waals surface area contributed by atoms with Crippen molar-refractivity contribution in [2.75, 3.05) is 12.4 Å². The van der Waals surface area contributed by atoms with Crippen molar-refractivity contribution in [1.82, 2.24) is 9.97 Å². The fourth-order valence-corrected chi connectivity index (χ4v) is 9.16. The molecule has 0 aliphatic rings. The Balaban J connectivity index is 2.04. The number of rotatable bonds is 15. The Hall–Kier alpha value is -1.34. The number of halogens is 1. The van der Waals surface area contributed by atoms with E-state index in [1.54, 1.807) is 6.07 Å². The van der Waals surface area contributed by atoms with Gasteiger partial charge in [-0.3, -0.25) is 0 Å². The fraction of sp³-hybridized carbons (Fsp3) is 0.577.